The molecule has 2 rings (SSSR count). The van der Waals surface area contributed by atoms with E-state index in [0.29, 0.717) is 10.6 Å². The Hall–Kier alpha value is -1.76. The van der Waals surface area contributed by atoms with Gasteiger partial charge in [0.1, 0.15) is 5.00 Å². The summed E-state index contributed by atoms with van der Waals surface area (Å²) in [7, 11) is 0. The van der Waals surface area contributed by atoms with Crippen molar-refractivity contribution in [3.05, 3.63) is 23.7 Å². The van der Waals surface area contributed by atoms with Crippen molar-refractivity contribution >= 4 is 22.4 Å². The Morgan fingerprint density at radius 1 is 1.57 bits per heavy atom. The molecule has 0 saturated carbocycles. The largest absolute Gasteiger partial charge is 0.311 e. The lowest BCUT2D eigenvalue weighted by Gasteiger charge is -1.98. The lowest BCUT2D eigenvalue weighted by atomic mass is 10.2. The monoisotopic (exact) mass is 209 g/mol. The zero-order valence-corrected chi connectivity index (χ0v) is 8.13. The first-order valence-corrected chi connectivity index (χ1v) is 4.63. The molecule has 0 aliphatic rings. The molecule has 1 amide bonds. The van der Waals surface area contributed by atoms with Gasteiger partial charge in [0.2, 0.25) is 0 Å². The van der Waals surface area contributed by atoms with Crippen LogP contribution in [0.4, 0.5) is 5.00 Å². The highest BCUT2D eigenvalue weighted by Gasteiger charge is 2.11. The van der Waals surface area contributed by atoms with E-state index in [-0.39, 0.29) is 5.91 Å². The van der Waals surface area contributed by atoms with Crippen molar-refractivity contribution in [3.63, 3.8) is 0 Å². The van der Waals surface area contributed by atoms with Crippen LogP contribution in [0.1, 0.15) is 16.1 Å². The molecule has 2 N–H and O–H groups in total. The van der Waals surface area contributed by atoms with Gasteiger partial charge >= 0.3 is 0 Å². The summed E-state index contributed by atoms with van der Waals surface area (Å²) in [5, 5.41) is 13.3. The highest BCUT2D eigenvalue weighted by molar-refractivity contribution is 7.10. The third-order valence-corrected chi connectivity index (χ3v) is 2.25. The van der Waals surface area contributed by atoms with Crippen LogP contribution in [0.3, 0.4) is 0 Å². The summed E-state index contributed by atoms with van der Waals surface area (Å²) in [5.74, 6) is -0.206. The maximum absolute atomic E-state index is 11.6. The van der Waals surface area contributed by atoms with Gasteiger partial charge in [0.15, 0.2) is 0 Å². The minimum Gasteiger partial charge on any atom is -0.311 e. The van der Waals surface area contributed by atoms with Gasteiger partial charge in [0.25, 0.3) is 5.91 Å². The molecule has 0 radical (unpaired) electrons. The number of anilines is 1. The Balaban J connectivity index is 2.14. The van der Waals surface area contributed by atoms with Crippen LogP contribution in [0.25, 0.3) is 0 Å². The summed E-state index contributed by atoms with van der Waals surface area (Å²) in [5.41, 5.74) is 1.26. The fraction of sp³-hybridized carbons (Fsp3) is 0.143. The first-order chi connectivity index (χ1) is 6.77. The number of aromatic amines is 1. The first-order valence-electron chi connectivity index (χ1n) is 3.86. The van der Waals surface area contributed by atoms with E-state index >= 15 is 0 Å². The van der Waals surface area contributed by atoms with Gasteiger partial charge in [-0.3, -0.25) is 9.89 Å². The van der Waals surface area contributed by atoms with E-state index < -0.39 is 0 Å². The predicted octanol–water partition coefficient (Wildman–Crippen LogP) is 0.822. The molecule has 0 aliphatic heterocycles. The molecular formula is C7H7N5OS. The van der Waals surface area contributed by atoms with Crippen LogP contribution in [0, 0.1) is 6.92 Å². The molecule has 72 valence electrons. The average molecular weight is 209 g/mol. The van der Waals surface area contributed by atoms with E-state index in [4.69, 9.17) is 0 Å². The summed E-state index contributed by atoms with van der Waals surface area (Å²) in [6, 6.07) is 0. The number of nitrogens with one attached hydrogen (secondary N) is 2. The smallest absolute Gasteiger partial charge is 0.259 e. The van der Waals surface area contributed by atoms with Gasteiger partial charge in [-0.05, 0) is 6.92 Å². The number of aromatic nitrogens is 4. The number of hydrogen-bond donors (Lipinski definition) is 2. The molecule has 0 unspecified atom stereocenters. The lowest BCUT2D eigenvalue weighted by Crippen LogP contribution is -2.11. The third kappa shape index (κ3) is 1.62. The number of H-pyrrole nitrogens is 1. The van der Waals surface area contributed by atoms with Crippen LogP contribution in [-0.2, 0) is 0 Å². The second-order valence-corrected chi connectivity index (χ2v) is 3.43. The molecule has 7 heteroatoms. The number of carbonyl (C=O) groups is 1. The number of carbonyl (C=O) groups excluding carboxylic acids is 1. The molecule has 2 aromatic heterocycles. The molecular weight excluding hydrogens is 202 g/mol. The fourth-order valence-corrected chi connectivity index (χ4v) is 1.40. The van der Waals surface area contributed by atoms with Gasteiger partial charge in [-0.25, -0.2) is 0 Å². The quantitative estimate of drug-likeness (QED) is 0.767. The van der Waals surface area contributed by atoms with Crippen molar-refractivity contribution in [2.24, 2.45) is 0 Å². The van der Waals surface area contributed by atoms with Crippen LogP contribution in [0.2, 0.25) is 0 Å². The maximum atomic E-state index is 11.6. The summed E-state index contributed by atoms with van der Waals surface area (Å²) >= 11 is 1.13. The molecule has 0 saturated heterocycles. The standard InChI is InChI=1S/C7H7N5OS/c1-4-5(2-8-11-4)7(13)10-6-3-9-12-14-6/h2-3H,1H3,(H,8,11)(H,10,13). The summed E-state index contributed by atoms with van der Waals surface area (Å²) < 4.78 is 3.63. The van der Waals surface area contributed by atoms with Gasteiger partial charge < -0.3 is 5.32 Å². The van der Waals surface area contributed by atoms with Crippen LogP contribution in [-0.4, -0.2) is 25.7 Å². The van der Waals surface area contributed by atoms with Gasteiger partial charge in [-0.2, -0.15) is 5.10 Å². The van der Waals surface area contributed by atoms with E-state index in [9.17, 15) is 4.79 Å². The Labute approximate surface area is 83.5 Å². The Morgan fingerprint density at radius 2 is 2.43 bits per heavy atom. The Kier molecular flexibility index (Phi) is 2.23. The van der Waals surface area contributed by atoms with Crippen LogP contribution >= 0.6 is 11.5 Å². The fourth-order valence-electron chi connectivity index (χ4n) is 0.981. The highest BCUT2D eigenvalue weighted by Crippen LogP contribution is 2.12. The predicted molar refractivity (Wildman–Crippen MR) is 51.2 cm³/mol. The van der Waals surface area contributed by atoms with Crippen molar-refractivity contribution in [1.29, 1.82) is 0 Å². The second-order valence-electron chi connectivity index (χ2n) is 2.64. The number of rotatable bonds is 2. The SMILES string of the molecule is Cc1[nH]ncc1C(=O)Nc1cnns1. The Morgan fingerprint density at radius 3 is 3.00 bits per heavy atom. The minimum atomic E-state index is -0.206. The van der Waals surface area contributed by atoms with Crippen molar-refractivity contribution in [2.75, 3.05) is 5.32 Å². The lowest BCUT2D eigenvalue weighted by molar-refractivity contribution is 0.102. The van der Waals surface area contributed by atoms with Gasteiger partial charge in [-0.1, -0.05) is 4.49 Å². The molecule has 0 bridgehead atoms. The Bertz CT molecular complexity index is 435. The normalized spacial score (nSPS) is 10.1. The third-order valence-electron chi connectivity index (χ3n) is 1.67. The van der Waals surface area contributed by atoms with E-state index in [1.54, 1.807) is 6.92 Å². The van der Waals surface area contributed by atoms with E-state index in [0.717, 1.165) is 17.2 Å². The van der Waals surface area contributed by atoms with Crippen molar-refractivity contribution < 1.29 is 4.79 Å². The number of hydrogen-bond acceptors (Lipinski definition) is 5. The van der Waals surface area contributed by atoms with Gasteiger partial charge in [0, 0.05) is 17.2 Å². The number of amides is 1. The zero-order chi connectivity index (χ0) is 9.97. The molecule has 2 heterocycles. The van der Waals surface area contributed by atoms with E-state index in [2.05, 4.69) is 25.1 Å². The second kappa shape index (κ2) is 3.54. The zero-order valence-electron chi connectivity index (χ0n) is 7.31. The minimum absolute atomic E-state index is 0.206. The van der Waals surface area contributed by atoms with E-state index in [1.807, 2.05) is 0 Å². The summed E-state index contributed by atoms with van der Waals surface area (Å²) in [4.78, 5) is 11.6. The number of nitrogens with zero attached hydrogens (tertiary/aromatic N) is 3. The topological polar surface area (TPSA) is 83.6 Å². The summed E-state index contributed by atoms with van der Waals surface area (Å²) in [6.07, 6.45) is 2.98. The van der Waals surface area contributed by atoms with Crippen molar-refractivity contribution in [3.8, 4) is 0 Å². The first kappa shape index (κ1) is 8.82. The highest BCUT2D eigenvalue weighted by atomic mass is 32.1. The van der Waals surface area contributed by atoms with Crippen LogP contribution in [0.15, 0.2) is 12.4 Å². The maximum Gasteiger partial charge on any atom is 0.259 e. The molecule has 14 heavy (non-hydrogen) atoms. The molecule has 0 aromatic carbocycles. The van der Waals surface area contributed by atoms with Gasteiger partial charge in [0.05, 0.1) is 18.0 Å². The summed E-state index contributed by atoms with van der Waals surface area (Å²) in [6.45, 7) is 1.78. The molecule has 6 nitrogen and oxygen atoms in total. The van der Waals surface area contributed by atoms with Crippen molar-refractivity contribution in [1.82, 2.24) is 19.8 Å². The van der Waals surface area contributed by atoms with Crippen LogP contribution < -0.4 is 5.32 Å². The molecule has 0 atom stereocenters. The van der Waals surface area contributed by atoms with Gasteiger partial charge in [-0.15, -0.1) is 5.10 Å². The van der Waals surface area contributed by atoms with Crippen LogP contribution in [0.5, 0.6) is 0 Å². The van der Waals surface area contributed by atoms with Crippen molar-refractivity contribution in [2.45, 2.75) is 6.92 Å². The molecule has 2 aromatic rings. The average Bonchev–Trinajstić information content (AvgIpc) is 2.75. The van der Waals surface area contributed by atoms with E-state index in [1.165, 1.54) is 12.4 Å². The number of aryl methyl sites for hydroxylation is 1. The molecule has 0 aliphatic carbocycles. The molecule has 0 fully saturated rings. The molecule has 0 spiro atoms.